The van der Waals surface area contributed by atoms with Gasteiger partial charge in [0.05, 0.1) is 10.6 Å². The van der Waals surface area contributed by atoms with Crippen LogP contribution in [-0.2, 0) is 19.6 Å². The van der Waals surface area contributed by atoms with Crippen LogP contribution in [0.1, 0.15) is 114 Å². The summed E-state index contributed by atoms with van der Waals surface area (Å²) in [7, 11) is -2.10. The van der Waals surface area contributed by atoms with Crippen molar-refractivity contribution in [1.29, 1.82) is 0 Å². The van der Waals surface area contributed by atoms with Crippen molar-refractivity contribution in [2.24, 2.45) is 0 Å². The lowest BCUT2D eigenvalue weighted by Crippen LogP contribution is -2.30. The first-order chi connectivity index (χ1) is 20.1. The molecule has 2 amide bonds. The molecule has 2 rings (SSSR count). The lowest BCUT2D eigenvalue weighted by atomic mass is 10.0. The highest BCUT2D eigenvalue weighted by Crippen LogP contribution is 2.23. The molecule has 0 saturated heterocycles. The molecule has 234 valence electrons. The Morgan fingerprint density at radius 3 is 1.95 bits per heavy atom. The average molecular weight is 600 g/mol. The molecule has 0 aliphatic heterocycles. The van der Waals surface area contributed by atoms with Crippen molar-refractivity contribution in [2.75, 3.05) is 23.6 Å². The van der Waals surface area contributed by atoms with Gasteiger partial charge in [-0.25, -0.2) is 8.42 Å². The summed E-state index contributed by atoms with van der Waals surface area (Å²) in [4.78, 5) is 26.7. The molecule has 42 heavy (non-hydrogen) atoms. The Morgan fingerprint density at radius 1 is 0.762 bits per heavy atom. The van der Waals surface area contributed by atoms with Crippen molar-refractivity contribution in [3.8, 4) is 0 Å². The third-order valence-corrected chi connectivity index (χ3v) is 9.23. The van der Waals surface area contributed by atoms with Crippen molar-refractivity contribution in [3.05, 3.63) is 53.6 Å². The van der Waals surface area contributed by atoms with Crippen molar-refractivity contribution < 1.29 is 18.0 Å². The van der Waals surface area contributed by atoms with E-state index in [2.05, 4.69) is 17.0 Å². The molecule has 2 aromatic carbocycles. The Hall–Kier alpha value is -2.87. The number of nitrogens with one attached hydrogen (secondary N) is 2. The van der Waals surface area contributed by atoms with Gasteiger partial charge in [-0.2, -0.15) is 0 Å². The van der Waals surface area contributed by atoms with Gasteiger partial charge in [0.15, 0.2) is 0 Å². The lowest BCUT2D eigenvalue weighted by molar-refractivity contribution is -0.130. The maximum Gasteiger partial charge on any atom is 0.261 e. The van der Waals surface area contributed by atoms with Crippen LogP contribution in [0.2, 0.25) is 0 Å². The predicted molar refractivity (Wildman–Crippen MR) is 174 cm³/mol. The van der Waals surface area contributed by atoms with E-state index < -0.39 is 10.0 Å². The molecule has 0 radical (unpaired) electrons. The van der Waals surface area contributed by atoms with E-state index in [0.717, 1.165) is 24.0 Å². The SMILES string of the molecule is CCCCCCCCCCCCCCCC(=O)N(C)CCC(=O)Nc1cccc(S(=O)(=O)Nc2cccc(C)c2C)c1. The molecule has 2 aromatic rings. The Bertz CT molecular complexity index is 1210. The number of rotatable bonds is 21. The van der Waals surface area contributed by atoms with E-state index in [1.165, 1.54) is 82.8 Å². The van der Waals surface area contributed by atoms with Crippen LogP contribution in [0, 0.1) is 13.8 Å². The molecule has 0 saturated carbocycles. The van der Waals surface area contributed by atoms with E-state index in [0.29, 0.717) is 24.3 Å². The second-order valence-electron chi connectivity index (χ2n) is 11.5. The fourth-order valence-corrected chi connectivity index (χ4v) is 6.08. The fourth-order valence-electron chi connectivity index (χ4n) is 4.91. The van der Waals surface area contributed by atoms with Crippen molar-refractivity contribution in [1.82, 2.24) is 4.90 Å². The molecule has 0 aliphatic rings. The lowest BCUT2D eigenvalue weighted by Gasteiger charge is -2.17. The van der Waals surface area contributed by atoms with Gasteiger partial charge in [-0.1, -0.05) is 102 Å². The maximum atomic E-state index is 13.0. The summed E-state index contributed by atoms with van der Waals surface area (Å²) in [6, 6.07) is 11.6. The van der Waals surface area contributed by atoms with E-state index in [1.807, 2.05) is 19.9 Å². The zero-order valence-electron chi connectivity index (χ0n) is 26.3. The van der Waals surface area contributed by atoms with Crippen LogP contribution in [-0.4, -0.2) is 38.7 Å². The summed E-state index contributed by atoms with van der Waals surface area (Å²) in [6.07, 6.45) is 17.1. The Balaban J connectivity index is 1.64. The monoisotopic (exact) mass is 599 g/mol. The smallest absolute Gasteiger partial charge is 0.261 e. The molecule has 0 fully saturated rings. The summed E-state index contributed by atoms with van der Waals surface area (Å²) in [5, 5.41) is 2.76. The Morgan fingerprint density at radius 2 is 1.33 bits per heavy atom. The highest BCUT2D eigenvalue weighted by molar-refractivity contribution is 7.92. The number of carbonyl (C=O) groups is 2. The van der Waals surface area contributed by atoms with Crippen molar-refractivity contribution in [3.63, 3.8) is 0 Å². The van der Waals surface area contributed by atoms with Gasteiger partial charge < -0.3 is 10.2 Å². The molecule has 0 spiro atoms. The van der Waals surface area contributed by atoms with Crippen LogP contribution in [0.3, 0.4) is 0 Å². The molecule has 0 aromatic heterocycles. The van der Waals surface area contributed by atoms with Crippen LogP contribution in [0.25, 0.3) is 0 Å². The summed E-state index contributed by atoms with van der Waals surface area (Å²) in [6.45, 7) is 6.36. The Labute approximate surface area is 254 Å². The van der Waals surface area contributed by atoms with E-state index in [4.69, 9.17) is 0 Å². The number of nitrogens with zero attached hydrogens (tertiary/aromatic N) is 1. The second-order valence-corrected chi connectivity index (χ2v) is 13.2. The number of amides is 2. The molecule has 2 N–H and O–H groups in total. The zero-order valence-corrected chi connectivity index (χ0v) is 27.2. The van der Waals surface area contributed by atoms with Crippen LogP contribution >= 0.6 is 0 Å². The van der Waals surface area contributed by atoms with Crippen LogP contribution in [0.4, 0.5) is 11.4 Å². The molecule has 8 heteroatoms. The van der Waals surface area contributed by atoms with E-state index in [1.54, 1.807) is 36.2 Å². The summed E-state index contributed by atoms with van der Waals surface area (Å²) >= 11 is 0. The summed E-state index contributed by atoms with van der Waals surface area (Å²) in [5.41, 5.74) is 2.77. The maximum absolute atomic E-state index is 13.0. The highest BCUT2D eigenvalue weighted by Gasteiger charge is 2.17. The molecule has 0 bridgehead atoms. The van der Waals surface area contributed by atoms with Gasteiger partial charge in [0.1, 0.15) is 0 Å². The van der Waals surface area contributed by atoms with Crippen molar-refractivity contribution in [2.45, 2.75) is 122 Å². The first-order valence-corrected chi connectivity index (χ1v) is 17.3. The van der Waals surface area contributed by atoms with Gasteiger partial charge in [0.25, 0.3) is 10.0 Å². The Kier molecular flexibility index (Phi) is 16.3. The number of hydrogen-bond acceptors (Lipinski definition) is 4. The van der Waals surface area contributed by atoms with Gasteiger partial charge in [-0.3, -0.25) is 14.3 Å². The number of sulfonamides is 1. The van der Waals surface area contributed by atoms with Gasteiger partial charge in [0, 0.05) is 32.1 Å². The van der Waals surface area contributed by atoms with E-state index in [-0.39, 0.29) is 23.1 Å². The average Bonchev–Trinajstić information content (AvgIpc) is 2.96. The minimum atomic E-state index is -3.83. The van der Waals surface area contributed by atoms with Crippen molar-refractivity contribution >= 4 is 33.2 Å². The standard InChI is InChI=1S/C34H53N3O4S/c1-5-6-7-8-9-10-11-12-13-14-15-16-17-24-34(39)37(4)26-25-33(38)35-30-21-19-22-31(27-30)42(40,41)36-32-23-18-20-28(2)29(32)3/h18-23,27,36H,5-17,24-26H2,1-4H3,(H,35,38). The summed E-state index contributed by atoms with van der Waals surface area (Å²) < 4.78 is 28.6. The van der Waals surface area contributed by atoms with Gasteiger partial charge >= 0.3 is 0 Å². The largest absolute Gasteiger partial charge is 0.345 e. The highest BCUT2D eigenvalue weighted by atomic mass is 32.2. The van der Waals surface area contributed by atoms with Crippen LogP contribution in [0.5, 0.6) is 0 Å². The molecule has 0 unspecified atom stereocenters. The van der Waals surface area contributed by atoms with Gasteiger partial charge in [0.2, 0.25) is 11.8 Å². The summed E-state index contributed by atoms with van der Waals surface area (Å²) in [5.74, 6) is -0.218. The first-order valence-electron chi connectivity index (χ1n) is 15.9. The third-order valence-electron chi connectivity index (χ3n) is 7.87. The quantitative estimate of drug-likeness (QED) is 0.141. The number of benzene rings is 2. The minimum absolute atomic E-state index is 0.0523. The number of unbranched alkanes of at least 4 members (excludes halogenated alkanes) is 12. The molecule has 7 nitrogen and oxygen atoms in total. The zero-order chi connectivity index (χ0) is 30.8. The molecular formula is C34H53N3O4S. The van der Waals surface area contributed by atoms with E-state index >= 15 is 0 Å². The number of aryl methyl sites for hydroxylation is 1. The first kappa shape index (κ1) is 35.3. The fraction of sp³-hybridized carbons (Fsp3) is 0.588. The van der Waals surface area contributed by atoms with Crippen LogP contribution in [0.15, 0.2) is 47.4 Å². The second kappa shape index (κ2) is 19.3. The minimum Gasteiger partial charge on any atom is -0.345 e. The predicted octanol–water partition coefficient (Wildman–Crippen LogP) is 8.37. The normalized spacial score (nSPS) is 11.3. The molecular weight excluding hydrogens is 546 g/mol. The molecule has 0 atom stereocenters. The van der Waals surface area contributed by atoms with E-state index in [9.17, 15) is 18.0 Å². The molecule has 0 heterocycles. The van der Waals surface area contributed by atoms with Gasteiger partial charge in [-0.05, 0) is 55.7 Å². The number of carbonyl (C=O) groups excluding carboxylic acids is 2. The van der Waals surface area contributed by atoms with Crippen LogP contribution < -0.4 is 10.0 Å². The number of anilines is 2. The number of hydrogen-bond donors (Lipinski definition) is 2. The molecule has 0 aliphatic carbocycles. The third kappa shape index (κ3) is 13.4. The van der Waals surface area contributed by atoms with Gasteiger partial charge in [-0.15, -0.1) is 0 Å². The topological polar surface area (TPSA) is 95.6 Å².